The third kappa shape index (κ3) is 4.84. The Labute approximate surface area is 272 Å². The first-order valence-corrected chi connectivity index (χ1v) is 16.6. The van der Waals surface area contributed by atoms with Gasteiger partial charge in [0.1, 0.15) is 22.6 Å². The van der Waals surface area contributed by atoms with Crippen molar-refractivity contribution in [1.29, 1.82) is 0 Å². The van der Waals surface area contributed by atoms with Crippen molar-refractivity contribution >= 4 is 33.9 Å². The van der Waals surface area contributed by atoms with Crippen molar-refractivity contribution in [3.05, 3.63) is 65.4 Å². The fourth-order valence-corrected chi connectivity index (χ4v) is 7.93. The van der Waals surface area contributed by atoms with Crippen LogP contribution >= 0.6 is 0 Å². The molecule has 3 aliphatic rings. The number of aromatic nitrogens is 6. The van der Waals surface area contributed by atoms with Crippen molar-refractivity contribution in [2.75, 3.05) is 7.11 Å². The van der Waals surface area contributed by atoms with E-state index in [0.29, 0.717) is 34.6 Å². The minimum Gasteiger partial charge on any atom is -0.494 e. The van der Waals surface area contributed by atoms with E-state index in [1.54, 1.807) is 19.5 Å². The summed E-state index contributed by atoms with van der Waals surface area (Å²) in [4.78, 5) is 48.1. The second kappa shape index (κ2) is 11.4. The lowest BCUT2D eigenvalue weighted by molar-refractivity contribution is 0.0726. The number of benzene rings is 1. The van der Waals surface area contributed by atoms with Gasteiger partial charge in [0.15, 0.2) is 5.82 Å². The number of aryl methyl sites for hydroxylation is 3. The first kappa shape index (κ1) is 29.6. The van der Waals surface area contributed by atoms with E-state index in [2.05, 4.69) is 32.0 Å². The highest BCUT2D eigenvalue weighted by atomic mass is 16.5. The number of hydrogen-bond acceptors (Lipinski definition) is 8. The SMILES string of the molecule is COc1cc(C(=O)N2[C@H]3CC[C@@H]2[C@H](N)C3)cc2nc(-c3cc4ccc5nc4n3CCCCCc3nccnc3C(=O)N[C@@H]5C)n(C)c12. The van der Waals surface area contributed by atoms with Gasteiger partial charge >= 0.3 is 0 Å². The van der Waals surface area contributed by atoms with Gasteiger partial charge in [-0.25, -0.2) is 15.0 Å². The molecule has 4 bridgehead atoms. The number of amides is 2. The predicted octanol–water partition coefficient (Wildman–Crippen LogP) is 4.31. The van der Waals surface area contributed by atoms with E-state index in [4.69, 9.17) is 20.4 Å². The molecule has 7 heterocycles. The third-order valence-corrected chi connectivity index (χ3v) is 10.3. The topological polar surface area (TPSA) is 146 Å². The minimum absolute atomic E-state index is 0.00771. The van der Waals surface area contributed by atoms with Gasteiger partial charge in [0.2, 0.25) is 0 Å². The molecule has 8 rings (SSSR count). The highest BCUT2D eigenvalue weighted by molar-refractivity contribution is 6.01. The van der Waals surface area contributed by atoms with Crippen LogP contribution in [0.3, 0.4) is 0 Å². The monoisotopic (exact) mass is 633 g/mol. The molecule has 2 amide bonds. The standard InChI is InChI=1S/C35H39N9O3/c1-19-24-10-8-20-16-28(43(32(20)40-24)14-6-4-5-7-25-30(34(45)39-19)38-13-12-37-25)33-41-26-15-21(17-29(47-3)31(26)42(33)2)35(46)44-22-9-11-27(44)23(36)18-22/h8,10,12-13,15-17,19,22-23,27H,4-7,9,11,14,18,36H2,1-3H3,(H,39,45)/t19-,22+,23-,27-/m1/s1. The summed E-state index contributed by atoms with van der Waals surface area (Å²) < 4.78 is 10.1. The molecule has 0 radical (unpaired) electrons. The molecule has 12 heteroatoms. The van der Waals surface area contributed by atoms with Crippen LogP contribution in [0.4, 0.5) is 0 Å². The maximum absolute atomic E-state index is 13.8. The van der Waals surface area contributed by atoms with Crippen LogP contribution in [0.2, 0.25) is 0 Å². The lowest BCUT2D eigenvalue weighted by Gasteiger charge is -2.23. The van der Waals surface area contributed by atoms with Crippen molar-refractivity contribution in [3.63, 3.8) is 0 Å². The molecule has 0 unspecified atom stereocenters. The second-order valence-corrected chi connectivity index (χ2v) is 13.1. The fraction of sp³-hybridized carbons (Fsp3) is 0.429. The van der Waals surface area contributed by atoms with Crippen LogP contribution in [-0.2, 0) is 20.0 Å². The zero-order valence-corrected chi connectivity index (χ0v) is 26.9. The molecular weight excluding hydrogens is 594 g/mol. The van der Waals surface area contributed by atoms with Crippen LogP contribution < -0.4 is 15.8 Å². The maximum Gasteiger partial charge on any atom is 0.272 e. The van der Waals surface area contributed by atoms with E-state index in [9.17, 15) is 9.59 Å². The molecule has 1 aromatic carbocycles. The summed E-state index contributed by atoms with van der Waals surface area (Å²) in [5.41, 5.74) is 12.1. The number of carbonyl (C=O) groups excluding carboxylic acids is 2. The Morgan fingerprint density at radius 1 is 1.06 bits per heavy atom. The summed E-state index contributed by atoms with van der Waals surface area (Å²) in [6.45, 7) is 2.67. The number of nitrogens with one attached hydrogen (secondary N) is 1. The quantitative estimate of drug-likeness (QED) is 0.299. The van der Waals surface area contributed by atoms with E-state index in [1.165, 1.54) is 0 Å². The number of ether oxygens (including phenoxy) is 1. The van der Waals surface area contributed by atoms with E-state index in [-0.39, 0.29) is 36.0 Å². The maximum atomic E-state index is 13.8. The van der Waals surface area contributed by atoms with Crippen LogP contribution in [0.5, 0.6) is 5.75 Å². The number of nitrogens with zero attached hydrogens (tertiary/aromatic N) is 7. The van der Waals surface area contributed by atoms with E-state index < -0.39 is 0 Å². The summed E-state index contributed by atoms with van der Waals surface area (Å²) >= 11 is 0. The summed E-state index contributed by atoms with van der Waals surface area (Å²) in [7, 11) is 3.61. The molecular formula is C35H39N9O3. The van der Waals surface area contributed by atoms with Gasteiger partial charge in [-0.05, 0) is 75.8 Å². The molecule has 4 aromatic heterocycles. The van der Waals surface area contributed by atoms with Crippen molar-refractivity contribution in [2.45, 2.75) is 82.6 Å². The molecule has 5 aromatic rings. The lowest BCUT2D eigenvalue weighted by atomic mass is 9.97. The minimum atomic E-state index is -0.340. The van der Waals surface area contributed by atoms with E-state index in [1.807, 2.05) is 41.6 Å². The van der Waals surface area contributed by atoms with Crippen LogP contribution in [-0.4, -0.2) is 71.0 Å². The van der Waals surface area contributed by atoms with Gasteiger partial charge in [-0.15, -0.1) is 0 Å². The predicted molar refractivity (Wildman–Crippen MR) is 177 cm³/mol. The van der Waals surface area contributed by atoms with Crippen molar-refractivity contribution in [3.8, 4) is 17.3 Å². The van der Waals surface area contributed by atoms with Gasteiger partial charge in [-0.3, -0.25) is 14.6 Å². The molecule has 4 atom stereocenters. The molecule has 0 aliphatic carbocycles. The van der Waals surface area contributed by atoms with Gasteiger partial charge in [-0.2, -0.15) is 0 Å². The molecule has 3 N–H and O–H groups in total. The Balaban J connectivity index is 1.20. The number of methoxy groups -OCH3 is 1. The summed E-state index contributed by atoms with van der Waals surface area (Å²) in [6, 6.07) is 9.84. The zero-order valence-electron chi connectivity index (χ0n) is 26.9. The fourth-order valence-electron chi connectivity index (χ4n) is 7.93. The van der Waals surface area contributed by atoms with Crippen molar-refractivity contribution in [2.24, 2.45) is 12.8 Å². The number of nitrogens with two attached hydrogens (primary N) is 1. The summed E-state index contributed by atoms with van der Waals surface area (Å²) in [5.74, 6) is 1.11. The molecule has 242 valence electrons. The highest BCUT2D eigenvalue weighted by Crippen LogP contribution is 2.40. The Bertz CT molecular complexity index is 2050. The van der Waals surface area contributed by atoms with Crippen LogP contribution in [0, 0.1) is 0 Å². The Morgan fingerprint density at radius 3 is 2.70 bits per heavy atom. The number of carbonyl (C=O) groups is 2. The van der Waals surface area contributed by atoms with E-state index in [0.717, 1.165) is 78.8 Å². The molecule has 12 nitrogen and oxygen atoms in total. The van der Waals surface area contributed by atoms with Gasteiger partial charge in [0.05, 0.1) is 35.8 Å². The van der Waals surface area contributed by atoms with E-state index >= 15 is 0 Å². The van der Waals surface area contributed by atoms with Gasteiger partial charge in [0, 0.05) is 55.1 Å². The number of hydrogen-bond donors (Lipinski definition) is 2. The molecule has 47 heavy (non-hydrogen) atoms. The summed E-state index contributed by atoms with van der Waals surface area (Å²) in [6.07, 6.45) is 9.43. The summed E-state index contributed by atoms with van der Waals surface area (Å²) in [5, 5.41) is 4.06. The smallest absolute Gasteiger partial charge is 0.272 e. The molecule has 2 fully saturated rings. The van der Waals surface area contributed by atoms with Gasteiger partial charge in [-0.1, -0.05) is 6.42 Å². The molecule has 2 saturated heterocycles. The lowest BCUT2D eigenvalue weighted by Crippen LogP contribution is -2.40. The van der Waals surface area contributed by atoms with Gasteiger partial charge in [0.25, 0.3) is 11.8 Å². The van der Waals surface area contributed by atoms with Crippen molar-refractivity contribution in [1.82, 2.24) is 39.3 Å². The first-order chi connectivity index (χ1) is 22.8. The Kier molecular flexibility index (Phi) is 7.20. The van der Waals surface area contributed by atoms with Gasteiger partial charge < -0.3 is 29.8 Å². The van der Waals surface area contributed by atoms with Crippen molar-refractivity contribution < 1.29 is 14.3 Å². The van der Waals surface area contributed by atoms with Crippen LogP contribution in [0.1, 0.15) is 83.7 Å². The number of fused-ring (bicyclic) bond motifs is 5. The highest BCUT2D eigenvalue weighted by Gasteiger charge is 2.47. The molecule has 0 saturated carbocycles. The normalized spacial score (nSPS) is 22.9. The number of rotatable bonds is 3. The average Bonchev–Trinajstić information content (AvgIpc) is 3.83. The number of imidazole rings is 1. The third-order valence-electron chi connectivity index (χ3n) is 10.3. The average molecular weight is 634 g/mol. The second-order valence-electron chi connectivity index (χ2n) is 13.1. The first-order valence-electron chi connectivity index (χ1n) is 16.6. The number of pyridine rings is 1. The molecule has 3 aliphatic heterocycles. The van der Waals surface area contributed by atoms with Crippen LogP contribution in [0.15, 0.2) is 42.7 Å². The largest absolute Gasteiger partial charge is 0.494 e. The molecule has 0 spiro atoms. The Morgan fingerprint density at radius 2 is 1.91 bits per heavy atom. The van der Waals surface area contributed by atoms with Crippen LogP contribution in [0.25, 0.3) is 33.6 Å². The zero-order chi connectivity index (χ0) is 32.4. The Hall–Kier alpha value is -4.84.